The predicted octanol–water partition coefficient (Wildman–Crippen LogP) is 4.39. The van der Waals surface area contributed by atoms with Crippen molar-refractivity contribution < 1.29 is 9.53 Å². The van der Waals surface area contributed by atoms with E-state index in [1.807, 2.05) is 33.8 Å². The van der Waals surface area contributed by atoms with Crippen molar-refractivity contribution in [1.82, 2.24) is 9.88 Å². The molecule has 0 aromatic carbocycles. The Kier molecular flexibility index (Phi) is 6.21. The van der Waals surface area contributed by atoms with Gasteiger partial charge in [-0.15, -0.1) is 0 Å². The van der Waals surface area contributed by atoms with Crippen molar-refractivity contribution in [1.29, 1.82) is 0 Å². The van der Waals surface area contributed by atoms with E-state index in [2.05, 4.69) is 22.9 Å². The summed E-state index contributed by atoms with van der Waals surface area (Å²) in [5.74, 6) is 0.738. The molecule has 1 aromatic heterocycles. The van der Waals surface area contributed by atoms with Crippen molar-refractivity contribution in [3.63, 3.8) is 0 Å². The Morgan fingerprint density at radius 1 is 1.42 bits per heavy atom. The number of pyridine rings is 1. The summed E-state index contributed by atoms with van der Waals surface area (Å²) in [6, 6.07) is 4.41. The van der Waals surface area contributed by atoms with E-state index < -0.39 is 5.60 Å². The molecule has 2 rings (SSSR count). The standard InChI is InChI=1S/C19H31N3O2/c1-6-13-21-14-9-11-16(21)15-10-8-12-20-17(15)22(7-2)18(23)24-19(3,4)5/h8,10,12,16H,6-7,9,11,13-14H2,1-5H3/t16-/m0/s1. The first-order valence-corrected chi connectivity index (χ1v) is 9.06. The number of rotatable bonds is 5. The number of amides is 1. The van der Waals surface area contributed by atoms with Crippen molar-refractivity contribution in [2.45, 2.75) is 65.5 Å². The third-order valence-electron chi connectivity index (χ3n) is 4.24. The van der Waals surface area contributed by atoms with Crippen molar-refractivity contribution in [3.05, 3.63) is 23.9 Å². The van der Waals surface area contributed by atoms with E-state index in [4.69, 9.17) is 4.74 Å². The summed E-state index contributed by atoms with van der Waals surface area (Å²) in [4.78, 5) is 21.3. The van der Waals surface area contributed by atoms with Crippen LogP contribution in [0.4, 0.5) is 10.6 Å². The highest BCUT2D eigenvalue weighted by Crippen LogP contribution is 2.36. The van der Waals surface area contributed by atoms with E-state index in [0.717, 1.165) is 37.3 Å². The van der Waals surface area contributed by atoms with Gasteiger partial charge in [-0.2, -0.15) is 0 Å². The third kappa shape index (κ3) is 4.47. The van der Waals surface area contributed by atoms with Crippen LogP contribution in [-0.4, -0.2) is 41.2 Å². The predicted molar refractivity (Wildman–Crippen MR) is 97.3 cm³/mol. The number of aromatic nitrogens is 1. The molecule has 1 saturated heterocycles. The van der Waals surface area contributed by atoms with Gasteiger partial charge in [0.15, 0.2) is 0 Å². The Morgan fingerprint density at radius 2 is 2.17 bits per heavy atom. The lowest BCUT2D eigenvalue weighted by Crippen LogP contribution is -2.38. The summed E-state index contributed by atoms with van der Waals surface area (Å²) < 4.78 is 5.57. The van der Waals surface area contributed by atoms with E-state index in [0.29, 0.717) is 12.6 Å². The lowest BCUT2D eigenvalue weighted by Gasteiger charge is -2.30. The minimum Gasteiger partial charge on any atom is -0.443 e. The lowest BCUT2D eigenvalue weighted by molar-refractivity contribution is 0.0580. The van der Waals surface area contributed by atoms with Crippen LogP contribution in [0.5, 0.6) is 0 Å². The number of hydrogen-bond donors (Lipinski definition) is 0. The van der Waals surface area contributed by atoms with Gasteiger partial charge in [0.1, 0.15) is 11.4 Å². The van der Waals surface area contributed by atoms with Gasteiger partial charge in [0.05, 0.1) is 0 Å². The zero-order chi connectivity index (χ0) is 17.7. The molecule has 1 amide bonds. The second kappa shape index (κ2) is 7.97. The van der Waals surface area contributed by atoms with Crippen LogP contribution in [0, 0.1) is 0 Å². The van der Waals surface area contributed by atoms with E-state index in [1.165, 1.54) is 6.42 Å². The summed E-state index contributed by atoms with van der Waals surface area (Å²) in [5, 5.41) is 0. The van der Waals surface area contributed by atoms with Crippen LogP contribution in [0.25, 0.3) is 0 Å². The average molecular weight is 333 g/mol. The Labute approximate surface area is 146 Å². The largest absolute Gasteiger partial charge is 0.443 e. The monoisotopic (exact) mass is 333 g/mol. The van der Waals surface area contributed by atoms with Crippen molar-refractivity contribution in [2.24, 2.45) is 0 Å². The van der Waals surface area contributed by atoms with Crippen LogP contribution in [0.3, 0.4) is 0 Å². The Bertz CT molecular complexity index is 554. The molecule has 1 fully saturated rings. The number of anilines is 1. The molecule has 2 heterocycles. The van der Waals surface area contributed by atoms with Gasteiger partial charge in [-0.3, -0.25) is 9.80 Å². The van der Waals surface area contributed by atoms with Gasteiger partial charge in [-0.1, -0.05) is 13.0 Å². The Hall–Kier alpha value is -1.62. The molecule has 5 heteroatoms. The van der Waals surface area contributed by atoms with Crippen LogP contribution < -0.4 is 4.90 Å². The minimum atomic E-state index is -0.513. The van der Waals surface area contributed by atoms with Crippen LogP contribution in [0.1, 0.15) is 65.5 Å². The molecule has 0 N–H and O–H groups in total. The molecule has 1 aliphatic rings. The number of hydrogen-bond acceptors (Lipinski definition) is 4. The number of ether oxygens (including phenoxy) is 1. The van der Waals surface area contributed by atoms with Crippen LogP contribution in [-0.2, 0) is 4.74 Å². The first-order valence-electron chi connectivity index (χ1n) is 9.06. The molecular weight excluding hydrogens is 302 g/mol. The summed E-state index contributed by atoms with van der Waals surface area (Å²) >= 11 is 0. The molecule has 0 aliphatic carbocycles. The van der Waals surface area contributed by atoms with E-state index in [9.17, 15) is 4.79 Å². The highest BCUT2D eigenvalue weighted by Gasteiger charge is 2.31. The van der Waals surface area contributed by atoms with E-state index in [1.54, 1.807) is 11.1 Å². The van der Waals surface area contributed by atoms with Gasteiger partial charge in [0, 0.05) is 24.3 Å². The molecule has 1 atom stereocenters. The molecule has 134 valence electrons. The Balaban J connectivity index is 2.31. The lowest BCUT2D eigenvalue weighted by atomic mass is 10.0. The first kappa shape index (κ1) is 18.7. The normalized spacial score (nSPS) is 18.6. The zero-order valence-corrected chi connectivity index (χ0v) is 15.7. The number of nitrogens with zero attached hydrogens (tertiary/aromatic N) is 3. The highest BCUT2D eigenvalue weighted by atomic mass is 16.6. The molecular formula is C19H31N3O2. The van der Waals surface area contributed by atoms with Gasteiger partial charge >= 0.3 is 6.09 Å². The quantitative estimate of drug-likeness (QED) is 0.801. The summed E-state index contributed by atoms with van der Waals surface area (Å²) in [6.07, 6.45) is 4.87. The fraction of sp³-hybridized carbons (Fsp3) is 0.684. The van der Waals surface area contributed by atoms with Crippen molar-refractivity contribution in [3.8, 4) is 0 Å². The van der Waals surface area contributed by atoms with Gasteiger partial charge in [-0.05, 0) is 66.1 Å². The molecule has 0 unspecified atom stereocenters. The highest BCUT2D eigenvalue weighted by molar-refractivity contribution is 5.87. The minimum absolute atomic E-state index is 0.329. The fourth-order valence-corrected chi connectivity index (χ4v) is 3.31. The van der Waals surface area contributed by atoms with Gasteiger partial charge in [0.25, 0.3) is 0 Å². The second-order valence-corrected chi connectivity index (χ2v) is 7.33. The third-order valence-corrected chi connectivity index (χ3v) is 4.24. The van der Waals surface area contributed by atoms with Crippen LogP contribution >= 0.6 is 0 Å². The molecule has 0 spiro atoms. The van der Waals surface area contributed by atoms with Crippen molar-refractivity contribution >= 4 is 11.9 Å². The molecule has 0 radical (unpaired) electrons. The molecule has 1 aliphatic heterocycles. The van der Waals surface area contributed by atoms with Crippen molar-refractivity contribution in [2.75, 3.05) is 24.5 Å². The molecule has 24 heavy (non-hydrogen) atoms. The maximum atomic E-state index is 12.6. The van der Waals surface area contributed by atoms with E-state index >= 15 is 0 Å². The SMILES string of the molecule is CCCN1CCC[C@H]1c1cccnc1N(CC)C(=O)OC(C)(C)C. The maximum absolute atomic E-state index is 12.6. The van der Waals surface area contributed by atoms with Gasteiger partial charge in [0.2, 0.25) is 0 Å². The molecule has 0 saturated carbocycles. The summed E-state index contributed by atoms with van der Waals surface area (Å²) in [5.41, 5.74) is 0.622. The zero-order valence-electron chi connectivity index (χ0n) is 15.7. The second-order valence-electron chi connectivity index (χ2n) is 7.33. The average Bonchev–Trinajstić information content (AvgIpc) is 2.95. The molecule has 1 aromatic rings. The first-order chi connectivity index (χ1) is 11.4. The number of carbonyl (C=O) groups is 1. The summed E-state index contributed by atoms with van der Waals surface area (Å²) in [6.45, 7) is 12.6. The molecule has 5 nitrogen and oxygen atoms in total. The van der Waals surface area contributed by atoms with Gasteiger partial charge in [-0.25, -0.2) is 9.78 Å². The van der Waals surface area contributed by atoms with Crippen LogP contribution in [0.15, 0.2) is 18.3 Å². The van der Waals surface area contributed by atoms with Gasteiger partial charge < -0.3 is 4.74 Å². The van der Waals surface area contributed by atoms with Crippen LogP contribution in [0.2, 0.25) is 0 Å². The topological polar surface area (TPSA) is 45.7 Å². The maximum Gasteiger partial charge on any atom is 0.415 e. The Morgan fingerprint density at radius 3 is 2.79 bits per heavy atom. The molecule has 0 bridgehead atoms. The number of carbonyl (C=O) groups excluding carboxylic acids is 1. The fourth-order valence-electron chi connectivity index (χ4n) is 3.31. The smallest absolute Gasteiger partial charge is 0.415 e. The van der Waals surface area contributed by atoms with E-state index in [-0.39, 0.29) is 6.09 Å². The number of likely N-dealkylation sites (tertiary alicyclic amines) is 1. The summed E-state index contributed by atoms with van der Waals surface area (Å²) in [7, 11) is 0.